The van der Waals surface area contributed by atoms with Gasteiger partial charge >= 0.3 is 5.97 Å². The van der Waals surface area contributed by atoms with E-state index in [1.54, 1.807) is 12.1 Å². The molecule has 0 amide bonds. The van der Waals surface area contributed by atoms with Gasteiger partial charge in [0.1, 0.15) is 24.2 Å². The zero-order valence-corrected chi connectivity index (χ0v) is 21.7. The third-order valence-electron chi connectivity index (χ3n) is 5.94. The SMILES string of the molecule is CCC(=C(c1ccc(OCC(O)CN(C)C)cc1)c1ccc(OC(C)=O)cc1)c1ccc2c(c1)OCO2. The molecular weight excluding hydrogens is 470 g/mol. The Bertz CT molecular complexity index is 1250. The molecule has 7 heteroatoms. The number of esters is 1. The van der Waals surface area contributed by atoms with Gasteiger partial charge in [-0.2, -0.15) is 0 Å². The predicted octanol–water partition coefficient (Wildman–Crippen LogP) is 5.01. The maximum atomic E-state index is 11.4. The third kappa shape index (κ3) is 6.70. The number of rotatable bonds is 10. The summed E-state index contributed by atoms with van der Waals surface area (Å²) in [6.07, 6.45) is 0.203. The number of nitrogens with zero attached hydrogens (tertiary/aromatic N) is 1. The molecule has 3 aromatic rings. The number of carbonyl (C=O) groups excluding carboxylic acids is 1. The van der Waals surface area contributed by atoms with E-state index in [-0.39, 0.29) is 19.4 Å². The molecule has 0 fully saturated rings. The zero-order valence-electron chi connectivity index (χ0n) is 21.7. The van der Waals surface area contributed by atoms with Crippen LogP contribution in [0.1, 0.15) is 37.0 Å². The van der Waals surface area contributed by atoms with Gasteiger partial charge in [0.25, 0.3) is 0 Å². The van der Waals surface area contributed by atoms with Crippen LogP contribution in [0.2, 0.25) is 0 Å². The Morgan fingerprint density at radius 3 is 2.11 bits per heavy atom. The van der Waals surface area contributed by atoms with Crippen molar-refractivity contribution in [2.45, 2.75) is 26.4 Å². The summed E-state index contributed by atoms with van der Waals surface area (Å²) in [7, 11) is 3.83. The molecule has 4 rings (SSSR count). The lowest BCUT2D eigenvalue weighted by molar-refractivity contribution is -0.131. The molecule has 3 aromatic carbocycles. The number of allylic oxidation sites excluding steroid dienone is 1. The molecule has 1 aliphatic heterocycles. The highest BCUT2D eigenvalue weighted by Crippen LogP contribution is 2.40. The Morgan fingerprint density at radius 2 is 1.51 bits per heavy atom. The minimum Gasteiger partial charge on any atom is -0.491 e. The molecule has 1 unspecified atom stereocenters. The first-order valence-corrected chi connectivity index (χ1v) is 12.3. The van der Waals surface area contributed by atoms with Crippen molar-refractivity contribution in [3.63, 3.8) is 0 Å². The molecular formula is C30H33NO6. The lowest BCUT2D eigenvalue weighted by Gasteiger charge is -2.18. The third-order valence-corrected chi connectivity index (χ3v) is 5.94. The van der Waals surface area contributed by atoms with Crippen LogP contribution in [0.25, 0.3) is 11.1 Å². The number of hydrogen-bond acceptors (Lipinski definition) is 7. The molecule has 1 N–H and O–H groups in total. The van der Waals surface area contributed by atoms with E-state index in [0.717, 1.165) is 45.8 Å². The Labute approximate surface area is 217 Å². The van der Waals surface area contributed by atoms with E-state index in [9.17, 15) is 9.90 Å². The molecule has 1 aliphatic rings. The monoisotopic (exact) mass is 503 g/mol. The molecule has 0 aliphatic carbocycles. The summed E-state index contributed by atoms with van der Waals surface area (Å²) in [5, 5.41) is 10.1. The van der Waals surface area contributed by atoms with E-state index in [1.807, 2.05) is 73.6 Å². The van der Waals surface area contributed by atoms with E-state index < -0.39 is 6.10 Å². The van der Waals surface area contributed by atoms with Gasteiger partial charge in [-0.15, -0.1) is 0 Å². The lowest BCUT2D eigenvalue weighted by atomic mass is 9.88. The summed E-state index contributed by atoms with van der Waals surface area (Å²) < 4.78 is 22.2. The van der Waals surface area contributed by atoms with Crippen molar-refractivity contribution in [3.05, 3.63) is 83.4 Å². The van der Waals surface area contributed by atoms with Crippen molar-refractivity contribution >= 4 is 17.1 Å². The van der Waals surface area contributed by atoms with Crippen LogP contribution in [-0.4, -0.2) is 56.1 Å². The molecule has 1 heterocycles. The lowest BCUT2D eigenvalue weighted by Crippen LogP contribution is -2.30. The molecule has 0 spiro atoms. The topological polar surface area (TPSA) is 77.5 Å². The minimum atomic E-state index is -0.571. The van der Waals surface area contributed by atoms with Gasteiger partial charge in [-0.25, -0.2) is 0 Å². The van der Waals surface area contributed by atoms with E-state index in [1.165, 1.54) is 6.92 Å². The summed E-state index contributed by atoms with van der Waals surface area (Å²) in [5.41, 5.74) is 5.22. The quantitative estimate of drug-likeness (QED) is 0.237. The molecule has 0 saturated carbocycles. The summed E-state index contributed by atoms with van der Waals surface area (Å²) in [4.78, 5) is 13.3. The molecule has 194 valence electrons. The minimum absolute atomic E-state index is 0.218. The summed E-state index contributed by atoms with van der Waals surface area (Å²) in [6.45, 7) is 4.48. The van der Waals surface area contributed by atoms with E-state index in [0.29, 0.717) is 18.0 Å². The van der Waals surface area contributed by atoms with Crippen molar-refractivity contribution in [2.24, 2.45) is 0 Å². The normalized spacial score (nSPS) is 13.8. The second kappa shape index (κ2) is 12.0. The van der Waals surface area contributed by atoms with Crippen LogP contribution < -0.4 is 18.9 Å². The number of aliphatic hydroxyl groups is 1. The van der Waals surface area contributed by atoms with Crippen molar-refractivity contribution in [1.82, 2.24) is 4.90 Å². The smallest absolute Gasteiger partial charge is 0.308 e. The van der Waals surface area contributed by atoms with Crippen LogP contribution in [0.4, 0.5) is 0 Å². The Balaban J connectivity index is 1.71. The van der Waals surface area contributed by atoms with Crippen LogP contribution in [0.3, 0.4) is 0 Å². The van der Waals surface area contributed by atoms with Crippen LogP contribution >= 0.6 is 0 Å². The average Bonchev–Trinajstić information content (AvgIpc) is 3.34. The number of hydrogen-bond donors (Lipinski definition) is 1. The zero-order chi connectivity index (χ0) is 26.4. The van der Waals surface area contributed by atoms with Crippen LogP contribution in [0, 0.1) is 0 Å². The van der Waals surface area contributed by atoms with Gasteiger partial charge in [-0.1, -0.05) is 37.3 Å². The highest BCUT2D eigenvalue weighted by Gasteiger charge is 2.18. The number of likely N-dealkylation sites (N-methyl/N-ethyl adjacent to an activating group) is 1. The maximum absolute atomic E-state index is 11.4. The standard InChI is InChI=1S/C30H33NO6/c1-5-27(23-10-15-28-29(16-23)36-19-35-28)30(22-8-13-26(14-9-22)37-20(2)32)21-6-11-25(12-7-21)34-18-24(33)17-31(3)4/h6-16,24,33H,5,17-19H2,1-4H3. The van der Waals surface area contributed by atoms with Gasteiger partial charge < -0.3 is 29.0 Å². The largest absolute Gasteiger partial charge is 0.491 e. The van der Waals surface area contributed by atoms with Crippen molar-refractivity contribution in [2.75, 3.05) is 34.0 Å². The molecule has 37 heavy (non-hydrogen) atoms. The number of aliphatic hydroxyl groups excluding tert-OH is 1. The highest BCUT2D eigenvalue weighted by molar-refractivity contribution is 5.99. The van der Waals surface area contributed by atoms with Gasteiger partial charge in [-0.3, -0.25) is 4.79 Å². The molecule has 7 nitrogen and oxygen atoms in total. The molecule has 1 atom stereocenters. The average molecular weight is 504 g/mol. The fourth-order valence-corrected chi connectivity index (χ4v) is 4.36. The first kappa shape index (κ1) is 26.3. The van der Waals surface area contributed by atoms with Gasteiger partial charge in [0, 0.05) is 13.5 Å². The fraction of sp³-hybridized carbons (Fsp3) is 0.300. The van der Waals surface area contributed by atoms with E-state index >= 15 is 0 Å². The molecule has 0 radical (unpaired) electrons. The van der Waals surface area contributed by atoms with Crippen LogP contribution in [-0.2, 0) is 4.79 Å². The number of fused-ring (bicyclic) bond motifs is 1. The second-order valence-corrected chi connectivity index (χ2v) is 9.14. The van der Waals surface area contributed by atoms with Crippen molar-refractivity contribution < 1.29 is 28.8 Å². The summed E-state index contributed by atoms with van der Waals surface area (Å²) >= 11 is 0. The van der Waals surface area contributed by atoms with Gasteiger partial charge in [0.05, 0.1) is 0 Å². The van der Waals surface area contributed by atoms with Crippen molar-refractivity contribution in [1.29, 1.82) is 0 Å². The number of benzene rings is 3. The Kier molecular flexibility index (Phi) is 8.48. The maximum Gasteiger partial charge on any atom is 0.308 e. The highest BCUT2D eigenvalue weighted by atomic mass is 16.7. The summed E-state index contributed by atoms with van der Waals surface area (Å²) in [5.74, 6) is 2.30. The molecule has 0 bridgehead atoms. The second-order valence-electron chi connectivity index (χ2n) is 9.14. The number of ether oxygens (including phenoxy) is 4. The summed E-state index contributed by atoms with van der Waals surface area (Å²) in [6, 6.07) is 21.4. The van der Waals surface area contributed by atoms with E-state index in [4.69, 9.17) is 18.9 Å². The van der Waals surface area contributed by atoms with E-state index in [2.05, 4.69) is 6.92 Å². The van der Waals surface area contributed by atoms with Crippen molar-refractivity contribution in [3.8, 4) is 23.0 Å². The Morgan fingerprint density at radius 1 is 0.919 bits per heavy atom. The van der Waals surface area contributed by atoms with Gasteiger partial charge in [0.2, 0.25) is 6.79 Å². The fourth-order valence-electron chi connectivity index (χ4n) is 4.36. The van der Waals surface area contributed by atoms with Gasteiger partial charge in [0.15, 0.2) is 11.5 Å². The molecule has 0 aromatic heterocycles. The number of carbonyl (C=O) groups is 1. The first-order valence-electron chi connectivity index (χ1n) is 12.3. The van der Waals surface area contributed by atoms with Crippen LogP contribution in [0.5, 0.6) is 23.0 Å². The predicted molar refractivity (Wildman–Crippen MR) is 143 cm³/mol. The van der Waals surface area contributed by atoms with Gasteiger partial charge in [-0.05, 0) is 84.8 Å². The first-order chi connectivity index (χ1) is 17.8. The van der Waals surface area contributed by atoms with Crippen LogP contribution in [0.15, 0.2) is 66.7 Å². The molecule has 0 saturated heterocycles. The Hall–Kier alpha value is -3.81.